The number of anilines is 1. The van der Waals surface area contributed by atoms with E-state index in [0.29, 0.717) is 12.4 Å². The topological polar surface area (TPSA) is 107 Å². The van der Waals surface area contributed by atoms with Gasteiger partial charge in [-0.05, 0) is 11.6 Å². The highest BCUT2D eigenvalue weighted by molar-refractivity contribution is 5.85. The second-order valence-corrected chi connectivity index (χ2v) is 4.03. The molecule has 0 unspecified atom stereocenters. The van der Waals surface area contributed by atoms with E-state index in [1.165, 1.54) is 25.4 Å². The summed E-state index contributed by atoms with van der Waals surface area (Å²) in [6, 6.07) is 7.76. The zero-order valence-electron chi connectivity index (χ0n) is 11.1. The highest BCUT2D eigenvalue weighted by atomic mass is 16.6. The number of nitrogens with zero attached hydrogens (tertiary/aromatic N) is 3. The third-order valence-corrected chi connectivity index (χ3v) is 2.64. The van der Waals surface area contributed by atoms with E-state index in [1.54, 1.807) is 18.2 Å². The normalized spacial score (nSPS) is 9.95. The number of hydrogen-bond acceptors (Lipinski definition) is 7. The van der Waals surface area contributed by atoms with Crippen LogP contribution in [-0.4, -0.2) is 28.0 Å². The van der Waals surface area contributed by atoms with Crippen molar-refractivity contribution in [2.24, 2.45) is 0 Å². The van der Waals surface area contributed by atoms with Gasteiger partial charge in [0, 0.05) is 24.9 Å². The molecule has 8 heteroatoms. The molecule has 1 heterocycles. The predicted molar refractivity (Wildman–Crippen MR) is 73.8 cm³/mol. The molecule has 0 saturated carbocycles. The van der Waals surface area contributed by atoms with Gasteiger partial charge in [-0.3, -0.25) is 10.1 Å². The summed E-state index contributed by atoms with van der Waals surface area (Å²) in [6.07, 6.45) is 1.44. The Bertz CT molecular complexity index is 657. The number of hydrogen-bond donors (Lipinski definition) is 1. The van der Waals surface area contributed by atoms with Crippen LogP contribution in [0.15, 0.2) is 36.5 Å². The third kappa shape index (κ3) is 3.72. The number of carbonyl (C=O) groups is 1. The summed E-state index contributed by atoms with van der Waals surface area (Å²) >= 11 is 0. The molecule has 2 rings (SSSR count). The zero-order chi connectivity index (χ0) is 15.2. The lowest BCUT2D eigenvalue weighted by Crippen LogP contribution is -2.09. The minimum atomic E-state index is -0.617. The van der Waals surface area contributed by atoms with Crippen LogP contribution in [0.5, 0.6) is 0 Å². The van der Waals surface area contributed by atoms with Crippen LogP contribution in [0.3, 0.4) is 0 Å². The molecule has 0 aliphatic carbocycles. The first-order valence-corrected chi connectivity index (χ1v) is 5.98. The number of non-ortho nitro benzene ring substituents is 1. The maximum absolute atomic E-state index is 11.3. The highest BCUT2D eigenvalue weighted by Crippen LogP contribution is 2.13. The van der Waals surface area contributed by atoms with E-state index in [1.807, 2.05) is 0 Å². The van der Waals surface area contributed by atoms with Crippen LogP contribution in [0.2, 0.25) is 0 Å². The van der Waals surface area contributed by atoms with Gasteiger partial charge in [0.1, 0.15) is 5.82 Å². The number of nitro benzene ring substituents is 1. The summed E-state index contributed by atoms with van der Waals surface area (Å²) in [5.41, 5.74) is 0.882. The van der Waals surface area contributed by atoms with E-state index in [9.17, 15) is 14.9 Å². The fourth-order valence-corrected chi connectivity index (χ4v) is 1.57. The van der Waals surface area contributed by atoms with Gasteiger partial charge < -0.3 is 10.1 Å². The Morgan fingerprint density at radius 3 is 2.67 bits per heavy atom. The van der Waals surface area contributed by atoms with Crippen molar-refractivity contribution in [2.75, 3.05) is 12.4 Å². The molecule has 1 N–H and O–H groups in total. The van der Waals surface area contributed by atoms with Gasteiger partial charge in [-0.2, -0.15) is 0 Å². The first-order valence-electron chi connectivity index (χ1n) is 5.98. The van der Waals surface area contributed by atoms with Crippen molar-refractivity contribution < 1.29 is 14.5 Å². The molecule has 0 aliphatic rings. The summed E-state index contributed by atoms with van der Waals surface area (Å²) in [6.45, 7) is 0.412. The van der Waals surface area contributed by atoms with Crippen LogP contribution >= 0.6 is 0 Å². The van der Waals surface area contributed by atoms with Crippen molar-refractivity contribution in [1.29, 1.82) is 0 Å². The van der Waals surface area contributed by atoms with Gasteiger partial charge in [0.25, 0.3) is 5.69 Å². The van der Waals surface area contributed by atoms with Crippen molar-refractivity contribution in [3.8, 4) is 0 Å². The van der Waals surface area contributed by atoms with E-state index in [0.717, 1.165) is 5.56 Å². The molecule has 0 atom stereocenters. The molecule has 0 aliphatic heterocycles. The van der Waals surface area contributed by atoms with E-state index in [4.69, 9.17) is 0 Å². The van der Waals surface area contributed by atoms with Crippen LogP contribution in [0.4, 0.5) is 11.5 Å². The summed E-state index contributed by atoms with van der Waals surface area (Å²) in [7, 11) is 1.25. The van der Waals surface area contributed by atoms with Crippen LogP contribution in [-0.2, 0) is 11.3 Å². The number of carbonyl (C=O) groups excluding carboxylic acids is 1. The third-order valence-electron chi connectivity index (χ3n) is 2.64. The SMILES string of the molecule is COC(=O)c1nccc(NCc2ccc([N+](=O)[O-])cc2)n1. The number of methoxy groups -OCH3 is 1. The number of aromatic nitrogens is 2. The van der Waals surface area contributed by atoms with Gasteiger partial charge in [0.05, 0.1) is 12.0 Å². The Morgan fingerprint density at radius 2 is 2.05 bits per heavy atom. The van der Waals surface area contributed by atoms with Crippen molar-refractivity contribution >= 4 is 17.5 Å². The molecular formula is C13H12N4O4. The minimum absolute atomic E-state index is 0.0359. The van der Waals surface area contributed by atoms with Crippen LogP contribution in [0.1, 0.15) is 16.2 Å². The molecule has 2 aromatic rings. The average molecular weight is 288 g/mol. The number of nitro groups is 1. The van der Waals surface area contributed by atoms with E-state index in [-0.39, 0.29) is 11.5 Å². The molecule has 0 saturated heterocycles. The van der Waals surface area contributed by atoms with Gasteiger partial charge in [0.15, 0.2) is 0 Å². The Balaban J connectivity index is 2.02. The summed E-state index contributed by atoms with van der Waals surface area (Å²) in [5, 5.41) is 13.6. The number of esters is 1. The number of rotatable bonds is 5. The average Bonchev–Trinajstić information content (AvgIpc) is 2.52. The van der Waals surface area contributed by atoms with Crippen molar-refractivity contribution in [2.45, 2.75) is 6.54 Å². The van der Waals surface area contributed by atoms with E-state index < -0.39 is 10.9 Å². The molecule has 0 radical (unpaired) electrons. The van der Waals surface area contributed by atoms with Crippen molar-refractivity contribution in [1.82, 2.24) is 9.97 Å². The molecule has 8 nitrogen and oxygen atoms in total. The molecule has 0 bridgehead atoms. The molecule has 0 amide bonds. The Hall–Kier alpha value is -3.03. The largest absolute Gasteiger partial charge is 0.463 e. The Morgan fingerprint density at radius 1 is 1.33 bits per heavy atom. The maximum Gasteiger partial charge on any atom is 0.376 e. The van der Waals surface area contributed by atoms with Gasteiger partial charge >= 0.3 is 5.97 Å². The highest BCUT2D eigenvalue weighted by Gasteiger charge is 2.09. The second-order valence-electron chi connectivity index (χ2n) is 4.03. The Kier molecular flexibility index (Phi) is 4.39. The van der Waals surface area contributed by atoms with Crippen molar-refractivity contribution in [3.63, 3.8) is 0 Å². The van der Waals surface area contributed by atoms with Crippen molar-refractivity contribution in [3.05, 3.63) is 58.0 Å². The predicted octanol–water partition coefficient (Wildman–Crippen LogP) is 1.78. The first kappa shape index (κ1) is 14.4. The molecule has 1 aromatic heterocycles. The lowest BCUT2D eigenvalue weighted by atomic mass is 10.2. The Labute approximate surface area is 120 Å². The van der Waals surface area contributed by atoms with Crippen LogP contribution < -0.4 is 5.32 Å². The summed E-state index contributed by atoms with van der Waals surface area (Å²) in [4.78, 5) is 29.2. The molecule has 108 valence electrons. The quantitative estimate of drug-likeness (QED) is 0.507. The molecule has 0 spiro atoms. The van der Waals surface area contributed by atoms with Gasteiger partial charge in [-0.15, -0.1) is 0 Å². The smallest absolute Gasteiger partial charge is 0.376 e. The summed E-state index contributed by atoms with van der Waals surface area (Å²) in [5.74, 6) is -0.191. The minimum Gasteiger partial charge on any atom is -0.463 e. The maximum atomic E-state index is 11.3. The molecule has 0 fully saturated rings. The van der Waals surface area contributed by atoms with Crippen LogP contribution in [0.25, 0.3) is 0 Å². The number of benzene rings is 1. The fourth-order valence-electron chi connectivity index (χ4n) is 1.57. The molecule has 21 heavy (non-hydrogen) atoms. The monoisotopic (exact) mass is 288 g/mol. The summed E-state index contributed by atoms with van der Waals surface area (Å²) < 4.78 is 4.53. The van der Waals surface area contributed by atoms with E-state index >= 15 is 0 Å². The van der Waals surface area contributed by atoms with Crippen LogP contribution in [0, 0.1) is 10.1 Å². The lowest BCUT2D eigenvalue weighted by Gasteiger charge is -2.06. The zero-order valence-corrected chi connectivity index (χ0v) is 11.1. The molecule has 1 aromatic carbocycles. The first-order chi connectivity index (χ1) is 10.1. The molecular weight excluding hydrogens is 276 g/mol. The standard InChI is InChI=1S/C13H12N4O4/c1-21-13(18)12-14-7-6-11(16-12)15-8-9-2-4-10(5-3-9)17(19)20/h2-7H,8H2,1H3,(H,14,15,16). The second kappa shape index (κ2) is 6.42. The van der Waals surface area contributed by atoms with Gasteiger partial charge in [-0.25, -0.2) is 14.8 Å². The van der Waals surface area contributed by atoms with E-state index in [2.05, 4.69) is 20.0 Å². The van der Waals surface area contributed by atoms with Gasteiger partial charge in [0.2, 0.25) is 5.82 Å². The number of nitrogens with one attached hydrogen (secondary N) is 1. The van der Waals surface area contributed by atoms with Gasteiger partial charge in [-0.1, -0.05) is 12.1 Å². The lowest BCUT2D eigenvalue weighted by molar-refractivity contribution is -0.384. The number of ether oxygens (including phenoxy) is 1. The fraction of sp³-hybridized carbons (Fsp3) is 0.154.